The highest BCUT2D eigenvalue weighted by Gasteiger charge is 2.08. The van der Waals surface area contributed by atoms with Gasteiger partial charge in [0.05, 0.1) is 13.3 Å². The van der Waals surface area contributed by atoms with Gasteiger partial charge in [-0.25, -0.2) is 13.5 Å². The molecule has 0 fully saturated rings. The van der Waals surface area contributed by atoms with Gasteiger partial charge in [-0.15, -0.1) is 5.10 Å². The van der Waals surface area contributed by atoms with Crippen LogP contribution in [0.1, 0.15) is 5.69 Å². The second kappa shape index (κ2) is 8.26. The Morgan fingerprint density at radius 2 is 1.81 bits per heavy atom. The van der Waals surface area contributed by atoms with Crippen molar-refractivity contribution < 1.29 is 23.0 Å². The summed E-state index contributed by atoms with van der Waals surface area (Å²) in [4.78, 5) is 12.1. The molecule has 0 spiro atoms. The maximum absolute atomic E-state index is 13.1. The predicted octanol–water partition coefficient (Wildman–Crippen LogP) is 2.78. The van der Waals surface area contributed by atoms with Crippen molar-refractivity contribution in [3.05, 3.63) is 66.0 Å². The zero-order valence-electron chi connectivity index (χ0n) is 14.4. The number of carbonyl (C=O) groups is 1. The smallest absolute Gasteiger partial charge is 0.246 e. The third kappa shape index (κ3) is 5.24. The highest BCUT2D eigenvalue weighted by Crippen LogP contribution is 2.17. The van der Waals surface area contributed by atoms with Crippen molar-refractivity contribution in [2.45, 2.75) is 13.2 Å². The van der Waals surface area contributed by atoms with E-state index < -0.39 is 11.6 Å². The van der Waals surface area contributed by atoms with E-state index in [0.29, 0.717) is 17.1 Å². The van der Waals surface area contributed by atoms with E-state index in [1.807, 2.05) is 0 Å². The summed E-state index contributed by atoms with van der Waals surface area (Å²) in [5.41, 5.74) is 1.04. The van der Waals surface area contributed by atoms with E-state index in [4.69, 9.17) is 9.47 Å². The molecule has 140 valence electrons. The molecule has 3 rings (SSSR count). The number of amides is 1. The number of hydrogen-bond donors (Lipinski definition) is 1. The van der Waals surface area contributed by atoms with Gasteiger partial charge in [-0.05, 0) is 24.3 Å². The summed E-state index contributed by atoms with van der Waals surface area (Å²) < 4.78 is 37.9. The van der Waals surface area contributed by atoms with E-state index in [-0.39, 0.29) is 24.8 Å². The highest BCUT2D eigenvalue weighted by molar-refractivity contribution is 5.90. The lowest BCUT2D eigenvalue weighted by atomic mass is 10.3. The number of halogens is 2. The molecular weight excluding hydrogens is 358 g/mol. The molecule has 1 amide bonds. The largest absolute Gasteiger partial charge is 0.497 e. The summed E-state index contributed by atoms with van der Waals surface area (Å²) >= 11 is 0. The van der Waals surface area contributed by atoms with Crippen molar-refractivity contribution in [2.75, 3.05) is 12.4 Å². The molecule has 0 aliphatic heterocycles. The number of carbonyl (C=O) groups excluding carboxylic acids is 1. The summed E-state index contributed by atoms with van der Waals surface area (Å²) in [5.74, 6) is -1.02. The second-order valence-corrected chi connectivity index (χ2v) is 5.58. The van der Waals surface area contributed by atoms with Gasteiger partial charge in [0.15, 0.2) is 0 Å². The molecule has 3 aromatic rings. The van der Waals surface area contributed by atoms with Gasteiger partial charge in [0.1, 0.15) is 42.0 Å². The summed E-state index contributed by atoms with van der Waals surface area (Å²) in [7, 11) is 1.56. The SMILES string of the molecule is COc1ccc(NC(=O)Cn2cc(COc3cc(F)cc(F)c3)nn2)cc1. The van der Waals surface area contributed by atoms with Crippen LogP contribution in [0, 0.1) is 11.6 Å². The first-order valence-corrected chi connectivity index (χ1v) is 7.93. The normalized spacial score (nSPS) is 10.5. The number of benzene rings is 2. The zero-order chi connectivity index (χ0) is 19.2. The Hall–Kier alpha value is -3.49. The Morgan fingerprint density at radius 3 is 2.48 bits per heavy atom. The minimum atomic E-state index is -0.733. The summed E-state index contributed by atoms with van der Waals surface area (Å²) in [6.07, 6.45) is 1.52. The molecule has 0 aliphatic carbocycles. The minimum absolute atomic E-state index is 0.0387. The van der Waals surface area contributed by atoms with E-state index >= 15 is 0 Å². The molecule has 0 atom stereocenters. The van der Waals surface area contributed by atoms with E-state index in [1.165, 1.54) is 10.9 Å². The number of ether oxygens (including phenoxy) is 2. The Kier molecular flexibility index (Phi) is 5.60. The van der Waals surface area contributed by atoms with Crippen LogP contribution in [-0.4, -0.2) is 28.0 Å². The van der Waals surface area contributed by atoms with E-state index in [2.05, 4.69) is 15.6 Å². The molecule has 0 radical (unpaired) electrons. The Balaban J connectivity index is 1.53. The van der Waals surface area contributed by atoms with Crippen molar-refractivity contribution in [3.8, 4) is 11.5 Å². The van der Waals surface area contributed by atoms with Crippen LogP contribution in [0.2, 0.25) is 0 Å². The summed E-state index contributed by atoms with van der Waals surface area (Å²) in [5, 5.41) is 10.4. The third-order valence-electron chi connectivity index (χ3n) is 3.49. The van der Waals surface area contributed by atoms with Crippen LogP contribution in [0.3, 0.4) is 0 Å². The summed E-state index contributed by atoms with van der Waals surface area (Å²) in [6, 6.07) is 9.78. The number of methoxy groups -OCH3 is 1. The van der Waals surface area contributed by atoms with E-state index in [9.17, 15) is 13.6 Å². The fraction of sp³-hybridized carbons (Fsp3) is 0.167. The minimum Gasteiger partial charge on any atom is -0.497 e. The van der Waals surface area contributed by atoms with Crippen molar-refractivity contribution in [3.63, 3.8) is 0 Å². The van der Waals surface area contributed by atoms with Gasteiger partial charge in [0.2, 0.25) is 5.91 Å². The van der Waals surface area contributed by atoms with Crippen LogP contribution < -0.4 is 14.8 Å². The van der Waals surface area contributed by atoms with E-state index in [1.54, 1.807) is 31.4 Å². The average Bonchev–Trinajstić information content (AvgIpc) is 3.07. The first kappa shape index (κ1) is 18.3. The molecule has 1 aromatic heterocycles. The number of nitrogens with one attached hydrogen (secondary N) is 1. The lowest BCUT2D eigenvalue weighted by molar-refractivity contribution is -0.116. The van der Waals surface area contributed by atoms with Crippen LogP contribution in [-0.2, 0) is 17.9 Å². The second-order valence-electron chi connectivity index (χ2n) is 5.58. The molecule has 0 aliphatic rings. The molecule has 1 heterocycles. The van der Waals surface area contributed by atoms with Gasteiger partial charge in [-0.2, -0.15) is 0 Å². The quantitative estimate of drug-likeness (QED) is 0.688. The zero-order valence-corrected chi connectivity index (χ0v) is 14.4. The fourth-order valence-electron chi connectivity index (χ4n) is 2.27. The molecule has 2 aromatic carbocycles. The third-order valence-corrected chi connectivity index (χ3v) is 3.49. The van der Waals surface area contributed by atoms with Gasteiger partial charge >= 0.3 is 0 Å². The van der Waals surface area contributed by atoms with Crippen LogP contribution in [0.15, 0.2) is 48.7 Å². The molecule has 0 bridgehead atoms. The lowest BCUT2D eigenvalue weighted by Gasteiger charge is -2.06. The number of anilines is 1. The van der Waals surface area contributed by atoms with Crippen molar-refractivity contribution in [1.82, 2.24) is 15.0 Å². The summed E-state index contributed by atoms with van der Waals surface area (Å²) in [6.45, 7) is -0.0867. The van der Waals surface area contributed by atoms with Crippen molar-refractivity contribution >= 4 is 11.6 Å². The maximum Gasteiger partial charge on any atom is 0.246 e. The van der Waals surface area contributed by atoms with Gasteiger partial charge in [-0.1, -0.05) is 5.21 Å². The van der Waals surface area contributed by atoms with Crippen molar-refractivity contribution in [2.24, 2.45) is 0 Å². The number of hydrogen-bond acceptors (Lipinski definition) is 5. The molecule has 27 heavy (non-hydrogen) atoms. The topological polar surface area (TPSA) is 78.3 Å². The molecule has 0 saturated heterocycles. The van der Waals surface area contributed by atoms with Gasteiger partial charge in [0.25, 0.3) is 0 Å². The van der Waals surface area contributed by atoms with Crippen molar-refractivity contribution in [1.29, 1.82) is 0 Å². The number of rotatable bonds is 7. The Bertz CT molecular complexity index is 908. The van der Waals surface area contributed by atoms with Crippen LogP contribution in [0.4, 0.5) is 14.5 Å². The standard InChI is InChI=1S/C18H16F2N4O3/c1-26-16-4-2-14(3-5-16)21-18(25)10-24-9-15(22-23-24)11-27-17-7-12(19)6-13(20)8-17/h2-9H,10-11H2,1H3,(H,21,25). The van der Waals surface area contributed by atoms with Crippen LogP contribution in [0.25, 0.3) is 0 Å². The van der Waals surface area contributed by atoms with Gasteiger partial charge in [-0.3, -0.25) is 4.79 Å². The molecule has 0 saturated carbocycles. The number of nitrogens with zero attached hydrogens (tertiary/aromatic N) is 3. The fourth-order valence-corrected chi connectivity index (χ4v) is 2.27. The lowest BCUT2D eigenvalue weighted by Crippen LogP contribution is -2.19. The van der Waals surface area contributed by atoms with Gasteiger partial charge in [0, 0.05) is 23.9 Å². The number of aromatic nitrogens is 3. The van der Waals surface area contributed by atoms with Crippen LogP contribution >= 0.6 is 0 Å². The highest BCUT2D eigenvalue weighted by atomic mass is 19.1. The van der Waals surface area contributed by atoms with Crippen LogP contribution in [0.5, 0.6) is 11.5 Å². The molecule has 7 nitrogen and oxygen atoms in total. The van der Waals surface area contributed by atoms with Gasteiger partial charge < -0.3 is 14.8 Å². The Morgan fingerprint density at radius 1 is 1.11 bits per heavy atom. The average molecular weight is 374 g/mol. The first-order valence-electron chi connectivity index (χ1n) is 7.93. The molecule has 0 unspecified atom stereocenters. The molecular formula is C18H16F2N4O3. The van der Waals surface area contributed by atoms with E-state index in [0.717, 1.165) is 18.2 Å². The predicted molar refractivity (Wildman–Crippen MR) is 92.3 cm³/mol. The molecule has 1 N–H and O–H groups in total. The molecule has 9 heteroatoms. The monoisotopic (exact) mass is 374 g/mol. The first-order chi connectivity index (χ1) is 13.0. The maximum atomic E-state index is 13.1. The Labute approximate surface area is 153 Å².